The fourth-order valence-corrected chi connectivity index (χ4v) is 1.92. The lowest BCUT2D eigenvalue weighted by atomic mass is 9.99. The molecule has 1 aromatic heterocycles. The van der Waals surface area contributed by atoms with E-state index in [-0.39, 0.29) is 5.91 Å². The van der Waals surface area contributed by atoms with E-state index in [0.717, 1.165) is 13.0 Å². The van der Waals surface area contributed by atoms with Gasteiger partial charge in [-0.2, -0.15) is 0 Å². The Kier molecular flexibility index (Phi) is 6.93. The maximum Gasteiger partial charge on any atom is 0.252 e. The van der Waals surface area contributed by atoms with E-state index in [1.165, 1.54) is 19.3 Å². The number of pyridine rings is 1. The third-order valence-electron chi connectivity index (χ3n) is 3.30. The zero-order chi connectivity index (χ0) is 14.1. The number of carbonyl (C=O) groups excluding carboxylic acids is 1. The molecule has 1 N–H and O–H groups in total. The molecule has 0 aliphatic heterocycles. The summed E-state index contributed by atoms with van der Waals surface area (Å²) in [5.41, 5.74) is 0.575. The highest BCUT2D eigenvalue weighted by Gasteiger charge is 2.10. The summed E-state index contributed by atoms with van der Waals surface area (Å²) in [5, 5.41) is 2.98. The standard InChI is InChI=1S/C15H24N2O2/c1-4-6-7-12(5-2)10-17-15(18)13-8-9-14(19-3)16-11-13/h8-9,11-12H,4-7,10H2,1-3H3,(H,17,18). The number of methoxy groups -OCH3 is 1. The first kappa shape index (κ1) is 15.5. The Labute approximate surface area is 115 Å². The van der Waals surface area contributed by atoms with Gasteiger partial charge in [0, 0.05) is 18.8 Å². The van der Waals surface area contributed by atoms with Crippen LogP contribution in [0.4, 0.5) is 0 Å². The van der Waals surface area contributed by atoms with Crippen LogP contribution in [-0.4, -0.2) is 24.5 Å². The summed E-state index contributed by atoms with van der Waals surface area (Å²) < 4.78 is 4.97. The predicted molar refractivity (Wildman–Crippen MR) is 76.4 cm³/mol. The van der Waals surface area contributed by atoms with Crippen LogP contribution in [0.2, 0.25) is 0 Å². The van der Waals surface area contributed by atoms with E-state index in [4.69, 9.17) is 4.74 Å². The van der Waals surface area contributed by atoms with Crippen LogP contribution in [0.3, 0.4) is 0 Å². The largest absolute Gasteiger partial charge is 0.481 e. The van der Waals surface area contributed by atoms with Crippen LogP contribution >= 0.6 is 0 Å². The van der Waals surface area contributed by atoms with Crippen LogP contribution < -0.4 is 10.1 Å². The third kappa shape index (κ3) is 5.28. The van der Waals surface area contributed by atoms with Crippen LogP contribution in [0.1, 0.15) is 49.9 Å². The molecule has 1 unspecified atom stereocenters. The number of unbranched alkanes of at least 4 members (excludes halogenated alkanes) is 1. The molecule has 0 spiro atoms. The molecular formula is C15H24N2O2. The summed E-state index contributed by atoms with van der Waals surface area (Å²) in [4.78, 5) is 16.0. The number of nitrogens with one attached hydrogen (secondary N) is 1. The van der Waals surface area contributed by atoms with E-state index in [2.05, 4.69) is 24.1 Å². The quantitative estimate of drug-likeness (QED) is 0.785. The highest BCUT2D eigenvalue weighted by molar-refractivity contribution is 5.93. The summed E-state index contributed by atoms with van der Waals surface area (Å²) in [5.74, 6) is 1.02. The number of ether oxygens (including phenoxy) is 1. The van der Waals surface area contributed by atoms with Gasteiger partial charge in [-0.15, -0.1) is 0 Å². The first-order valence-corrected chi connectivity index (χ1v) is 6.99. The molecule has 1 heterocycles. The van der Waals surface area contributed by atoms with Crippen molar-refractivity contribution in [1.29, 1.82) is 0 Å². The van der Waals surface area contributed by atoms with Crippen molar-refractivity contribution in [3.8, 4) is 5.88 Å². The lowest BCUT2D eigenvalue weighted by Crippen LogP contribution is -2.29. The molecule has 0 bridgehead atoms. The first-order valence-electron chi connectivity index (χ1n) is 6.99. The summed E-state index contributed by atoms with van der Waals surface area (Å²) in [6.07, 6.45) is 6.24. The second kappa shape index (κ2) is 8.51. The van der Waals surface area contributed by atoms with Crippen molar-refractivity contribution in [2.24, 2.45) is 5.92 Å². The van der Waals surface area contributed by atoms with E-state index >= 15 is 0 Å². The highest BCUT2D eigenvalue weighted by Crippen LogP contribution is 2.12. The van der Waals surface area contributed by atoms with E-state index < -0.39 is 0 Å². The van der Waals surface area contributed by atoms with Crippen molar-refractivity contribution in [3.63, 3.8) is 0 Å². The average Bonchev–Trinajstić information content (AvgIpc) is 2.47. The van der Waals surface area contributed by atoms with Crippen molar-refractivity contribution in [2.75, 3.05) is 13.7 Å². The van der Waals surface area contributed by atoms with E-state index in [1.807, 2.05) is 0 Å². The van der Waals surface area contributed by atoms with Gasteiger partial charge in [0.2, 0.25) is 5.88 Å². The molecular weight excluding hydrogens is 240 g/mol. The first-order chi connectivity index (χ1) is 9.21. The summed E-state index contributed by atoms with van der Waals surface area (Å²) in [6, 6.07) is 3.43. The molecule has 106 valence electrons. The topological polar surface area (TPSA) is 51.2 Å². The minimum atomic E-state index is -0.0647. The minimum absolute atomic E-state index is 0.0647. The second-order valence-electron chi connectivity index (χ2n) is 4.72. The zero-order valence-electron chi connectivity index (χ0n) is 12.1. The Balaban J connectivity index is 2.44. The molecule has 1 amide bonds. The van der Waals surface area contributed by atoms with E-state index in [1.54, 1.807) is 25.4 Å². The van der Waals surface area contributed by atoms with Gasteiger partial charge in [-0.3, -0.25) is 4.79 Å². The van der Waals surface area contributed by atoms with Gasteiger partial charge >= 0.3 is 0 Å². The van der Waals surface area contributed by atoms with Crippen LogP contribution in [0, 0.1) is 5.92 Å². The van der Waals surface area contributed by atoms with Crippen LogP contribution in [0.5, 0.6) is 5.88 Å². The fourth-order valence-electron chi connectivity index (χ4n) is 1.92. The van der Waals surface area contributed by atoms with Crippen molar-refractivity contribution in [3.05, 3.63) is 23.9 Å². The van der Waals surface area contributed by atoms with Crippen molar-refractivity contribution in [2.45, 2.75) is 39.5 Å². The van der Waals surface area contributed by atoms with Crippen LogP contribution in [0.15, 0.2) is 18.3 Å². The Morgan fingerprint density at radius 3 is 2.74 bits per heavy atom. The molecule has 0 aromatic carbocycles. The maximum absolute atomic E-state index is 11.9. The second-order valence-corrected chi connectivity index (χ2v) is 4.72. The lowest BCUT2D eigenvalue weighted by Gasteiger charge is -2.15. The van der Waals surface area contributed by atoms with Gasteiger partial charge in [-0.05, 0) is 18.4 Å². The molecule has 4 nitrogen and oxygen atoms in total. The van der Waals surface area contributed by atoms with Gasteiger partial charge in [0.05, 0.1) is 12.7 Å². The molecule has 0 radical (unpaired) electrons. The summed E-state index contributed by atoms with van der Waals surface area (Å²) in [6.45, 7) is 5.09. The predicted octanol–water partition coefficient (Wildman–Crippen LogP) is 3.04. The Morgan fingerprint density at radius 2 is 2.21 bits per heavy atom. The average molecular weight is 264 g/mol. The Hall–Kier alpha value is -1.58. The normalized spacial score (nSPS) is 11.9. The number of carbonyl (C=O) groups is 1. The highest BCUT2D eigenvalue weighted by atomic mass is 16.5. The van der Waals surface area contributed by atoms with Gasteiger partial charge in [0.15, 0.2) is 0 Å². The molecule has 0 aliphatic carbocycles. The molecule has 4 heteroatoms. The number of rotatable bonds is 8. The van der Waals surface area contributed by atoms with E-state index in [9.17, 15) is 4.79 Å². The number of nitrogens with zero attached hydrogens (tertiary/aromatic N) is 1. The molecule has 1 atom stereocenters. The van der Waals surface area contributed by atoms with Gasteiger partial charge in [0.25, 0.3) is 5.91 Å². The Morgan fingerprint density at radius 1 is 1.42 bits per heavy atom. The lowest BCUT2D eigenvalue weighted by molar-refractivity contribution is 0.0945. The maximum atomic E-state index is 11.9. The minimum Gasteiger partial charge on any atom is -0.481 e. The van der Waals surface area contributed by atoms with Crippen molar-refractivity contribution >= 4 is 5.91 Å². The van der Waals surface area contributed by atoms with E-state index in [0.29, 0.717) is 17.4 Å². The molecule has 0 fully saturated rings. The number of hydrogen-bond acceptors (Lipinski definition) is 3. The molecule has 1 aromatic rings. The smallest absolute Gasteiger partial charge is 0.252 e. The third-order valence-corrected chi connectivity index (χ3v) is 3.30. The van der Waals surface area contributed by atoms with Gasteiger partial charge < -0.3 is 10.1 Å². The fraction of sp³-hybridized carbons (Fsp3) is 0.600. The van der Waals surface area contributed by atoms with Crippen LogP contribution in [-0.2, 0) is 0 Å². The number of amides is 1. The molecule has 1 rings (SSSR count). The SMILES string of the molecule is CCCCC(CC)CNC(=O)c1ccc(OC)nc1. The number of hydrogen-bond donors (Lipinski definition) is 1. The number of aromatic nitrogens is 1. The van der Waals surface area contributed by atoms with Crippen molar-refractivity contribution in [1.82, 2.24) is 10.3 Å². The summed E-state index contributed by atoms with van der Waals surface area (Å²) in [7, 11) is 1.56. The molecule has 0 saturated carbocycles. The van der Waals surface area contributed by atoms with Gasteiger partial charge in [0.1, 0.15) is 0 Å². The molecule has 0 aliphatic rings. The zero-order valence-corrected chi connectivity index (χ0v) is 12.1. The monoisotopic (exact) mass is 264 g/mol. The summed E-state index contributed by atoms with van der Waals surface area (Å²) >= 11 is 0. The molecule has 19 heavy (non-hydrogen) atoms. The van der Waals surface area contributed by atoms with Crippen molar-refractivity contribution < 1.29 is 9.53 Å². The Bertz CT molecular complexity index is 376. The van der Waals surface area contributed by atoms with Gasteiger partial charge in [-0.1, -0.05) is 33.1 Å². The molecule has 0 saturated heterocycles. The van der Waals surface area contributed by atoms with Gasteiger partial charge in [-0.25, -0.2) is 4.98 Å². The van der Waals surface area contributed by atoms with Crippen LogP contribution in [0.25, 0.3) is 0 Å².